The molecule has 0 aliphatic heterocycles. The van der Waals surface area contributed by atoms with Gasteiger partial charge >= 0.3 is 6.18 Å². The molecule has 1 saturated carbocycles. The van der Waals surface area contributed by atoms with E-state index >= 15 is 0 Å². The fourth-order valence-corrected chi connectivity index (χ4v) is 3.81. The predicted octanol–water partition coefficient (Wildman–Crippen LogP) is 5.62. The summed E-state index contributed by atoms with van der Waals surface area (Å²) in [4.78, 5) is 37.3. The Morgan fingerprint density at radius 1 is 0.818 bits per heavy atom. The number of anilines is 3. The van der Waals surface area contributed by atoms with E-state index in [1.165, 1.54) is 24.3 Å². The molecule has 0 bridgehead atoms. The Hall–Kier alpha value is -3.66. The van der Waals surface area contributed by atoms with E-state index in [4.69, 9.17) is 0 Å². The van der Waals surface area contributed by atoms with Crippen LogP contribution in [0.5, 0.6) is 0 Å². The average molecular weight is 473 g/mol. The van der Waals surface area contributed by atoms with E-state index in [0.29, 0.717) is 15.6 Å². The fraction of sp³-hybridized carbons (Fsp3) is 0.174. The van der Waals surface area contributed by atoms with Crippen molar-refractivity contribution in [2.75, 3.05) is 16.0 Å². The van der Waals surface area contributed by atoms with Gasteiger partial charge in [0.25, 0.3) is 11.8 Å². The van der Waals surface area contributed by atoms with Crippen LogP contribution in [0.25, 0.3) is 0 Å². The number of amides is 3. The molecular weight excluding hydrogens is 455 g/mol. The van der Waals surface area contributed by atoms with Gasteiger partial charge in [0.2, 0.25) is 5.91 Å². The largest absolute Gasteiger partial charge is 0.416 e. The molecule has 1 aliphatic rings. The Morgan fingerprint density at radius 3 is 2.18 bits per heavy atom. The molecule has 0 saturated heterocycles. The van der Waals surface area contributed by atoms with Gasteiger partial charge in [0.15, 0.2) is 0 Å². The number of hydrogen-bond donors (Lipinski definition) is 3. The van der Waals surface area contributed by atoms with Crippen LogP contribution in [0, 0.1) is 5.92 Å². The third-order valence-electron chi connectivity index (χ3n) is 4.85. The molecule has 0 spiro atoms. The maximum absolute atomic E-state index is 12.9. The van der Waals surface area contributed by atoms with E-state index < -0.39 is 23.6 Å². The first-order valence-electron chi connectivity index (χ1n) is 10.00. The Bertz CT molecular complexity index is 1220. The topological polar surface area (TPSA) is 87.3 Å². The van der Waals surface area contributed by atoms with Crippen molar-refractivity contribution < 1.29 is 27.6 Å². The van der Waals surface area contributed by atoms with Crippen molar-refractivity contribution in [2.45, 2.75) is 19.0 Å². The summed E-state index contributed by atoms with van der Waals surface area (Å²) in [6, 6.07) is 13.6. The lowest BCUT2D eigenvalue weighted by atomic mass is 10.1. The molecule has 10 heteroatoms. The molecule has 0 unspecified atom stereocenters. The quantitative estimate of drug-likeness (QED) is 0.434. The van der Waals surface area contributed by atoms with Crippen molar-refractivity contribution in [3.8, 4) is 0 Å². The average Bonchev–Trinajstić information content (AvgIpc) is 3.53. The summed E-state index contributed by atoms with van der Waals surface area (Å²) in [7, 11) is 0. The monoisotopic (exact) mass is 473 g/mol. The predicted molar refractivity (Wildman–Crippen MR) is 119 cm³/mol. The Balaban J connectivity index is 1.40. The van der Waals surface area contributed by atoms with Crippen LogP contribution >= 0.6 is 11.3 Å². The SMILES string of the molecule is O=C(Nc1cccc(C(F)(F)F)c1)c1cccc(NC(=O)c2ccc(NC(=O)C3CC3)s2)c1. The summed E-state index contributed by atoms with van der Waals surface area (Å²) >= 11 is 1.13. The zero-order valence-corrected chi connectivity index (χ0v) is 17.8. The molecule has 0 atom stereocenters. The van der Waals surface area contributed by atoms with E-state index in [1.54, 1.807) is 24.3 Å². The van der Waals surface area contributed by atoms with Crippen LogP contribution in [0.3, 0.4) is 0 Å². The van der Waals surface area contributed by atoms with Gasteiger partial charge in [-0.1, -0.05) is 12.1 Å². The van der Waals surface area contributed by atoms with Gasteiger partial charge in [-0.05, 0) is 61.4 Å². The number of rotatable bonds is 6. The second-order valence-electron chi connectivity index (χ2n) is 7.50. The first kappa shape index (κ1) is 22.5. The maximum Gasteiger partial charge on any atom is 0.416 e. The van der Waals surface area contributed by atoms with Gasteiger partial charge in [-0.25, -0.2) is 0 Å². The molecule has 1 fully saturated rings. The highest BCUT2D eigenvalue weighted by Crippen LogP contribution is 2.32. The van der Waals surface area contributed by atoms with Gasteiger partial charge in [-0.2, -0.15) is 13.2 Å². The van der Waals surface area contributed by atoms with Gasteiger partial charge in [-0.15, -0.1) is 11.3 Å². The summed E-state index contributed by atoms with van der Waals surface area (Å²) in [5.74, 6) is -1.04. The maximum atomic E-state index is 12.9. The molecule has 3 aromatic rings. The molecule has 4 rings (SSSR count). The minimum Gasteiger partial charge on any atom is -0.322 e. The van der Waals surface area contributed by atoms with Crippen LogP contribution in [-0.2, 0) is 11.0 Å². The normalized spacial score (nSPS) is 13.3. The molecule has 3 amide bonds. The Kier molecular flexibility index (Phi) is 6.19. The minimum absolute atomic E-state index is 0.00335. The lowest BCUT2D eigenvalue weighted by Gasteiger charge is -2.10. The minimum atomic E-state index is -4.52. The van der Waals surface area contributed by atoms with Crippen LogP contribution in [0.4, 0.5) is 29.5 Å². The van der Waals surface area contributed by atoms with Gasteiger partial charge < -0.3 is 16.0 Å². The third kappa shape index (κ3) is 5.78. The van der Waals surface area contributed by atoms with E-state index in [9.17, 15) is 27.6 Å². The number of nitrogens with one attached hydrogen (secondary N) is 3. The number of carbonyl (C=O) groups excluding carboxylic acids is 3. The Morgan fingerprint density at radius 2 is 1.48 bits per heavy atom. The van der Waals surface area contributed by atoms with Gasteiger partial charge in [-0.3, -0.25) is 14.4 Å². The molecule has 6 nitrogen and oxygen atoms in total. The van der Waals surface area contributed by atoms with Crippen molar-refractivity contribution in [1.29, 1.82) is 0 Å². The second kappa shape index (κ2) is 9.07. The first-order chi connectivity index (χ1) is 15.7. The van der Waals surface area contributed by atoms with E-state index in [0.717, 1.165) is 36.3 Å². The third-order valence-corrected chi connectivity index (χ3v) is 5.85. The van der Waals surface area contributed by atoms with Crippen molar-refractivity contribution in [3.63, 3.8) is 0 Å². The van der Waals surface area contributed by atoms with Crippen LogP contribution < -0.4 is 16.0 Å². The lowest BCUT2D eigenvalue weighted by Crippen LogP contribution is -2.14. The summed E-state index contributed by atoms with van der Waals surface area (Å²) in [6.07, 6.45) is -2.77. The van der Waals surface area contributed by atoms with Gasteiger partial charge in [0, 0.05) is 22.9 Å². The van der Waals surface area contributed by atoms with Crippen molar-refractivity contribution in [3.05, 3.63) is 76.7 Å². The lowest BCUT2D eigenvalue weighted by molar-refractivity contribution is -0.137. The van der Waals surface area contributed by atoms with Crippen molar-refractivity contribution >= 4 is 45.4 Å². The molecule has 33 heavy (non-hydrogen) atoms. The molecule has 3 N–H and O–H groups in total. The van der Waals surface area contributed by atoms with Crippen molar-refractivity contribution in [2.24, 2.45) is 5.92 Å². The molecule has 1 heterocycles. The van der Waals surface area contributed by atoms with Crippen LogP contribution in [0.15, 0.2) is 60.7 Å². The van der Waals surface area contributed by atoms with Crippen LogP contribution in [0.1, 0.15) is 38.4 Å². The molecule has 170 valence electrons. The summed E-state index contributed by atoms with van der Waals surface area (Å²) in [5, 5.41) is 8.46. The zero-order chi connectivity index (χ0) is 23.6. The molecule has 0 radical (unpaired) electrons. The molecular formula is C23H18F3N3O3S. The van der Waals surface area contributed by atoms with E-state index in [1.807, 2.05) is 0 Å². The molecule has 1 aromatic heterocycles. The standard InChI is InChI=1S/C23H18F3N3O3S/c24-23(25,26)15-4-2-6-17(12-15)27-21(31)14-3-1-5-16(11-14)28-22(32)18-9-10-19(33-18)29-20(30)13-7-8-13/h1-6,9-13H,7-8H2,(H,27,31)(H,28,32)(H,29,30). The number of halogens is 3. The summed E-state index contributed by atoms with van der Waals surface area (Å²) < 4.78 is 38.6. The highest BCUT2D eigenvalue weighted by atomic mass is 32.1. The summed E-state index contributed by atoms with van der Waals surface area (Å²) in [6.45, 7) is 0. The number of alkyl halides is 3. The second-order valence-corrected chi connectivity index (χ2v) is 8.58. The smallest absolute Gasteiger partial charge is 0.322 e. The highest BCUT2D eigenvalue weighted by Gasteiger charge is 2.31. The number of carbonyl (C=O) groups is 3. The van der Waals surface area contributed by atoms with Crippen LogP contribution in [0.2, 0.25) is 0 Å². The highest BCUT2D eigenvalue weighted by molar-refractivity contribution is 7.18. The fourth-order valence-electron chi connectivity index (χ4n) is 3.00. The van der Waals surface area contributed by atoms with Crippen LogP contribution in [-0.4, -0.2) is 17.7 Å². The Labute approximate surface area is 190 Å². The number of hydrogen-bond acceptors (Lipinski definition) is 4. The zero-order valence-electron chi connectivity index (χ0n) is 17.0. The number of thiophene rings is 1. The van der Waals surface area contributed by atoms with Gasteiger partial charge in [0.1, 0.15) is 0 Å². The summed E-state index contributed by atoms with van der Waals surface area (Å²) in [5.41, 5.74) is -0.365. The van der Waals surface area contributed by atoms with E-state index in [-0.39, 0.29) is 23.1 Å². The van der Waals surface area contributed by atoms with E-state index in [2.05, 4.69) is 16.0 Å². The molecule has 1 aliphatic carbocycles. The number of benzene rings is 2. The first-order valence-corrected chi connectivity index (χ1v) is 10.8. The molecule has 2 aromatic carbocycles. The van der Waals surface area contributed by atoms with Crippen molar-refractivity contribution in [1.82, 2.24) is 0 Å². The van der Waals surface area contributed by atoms with Gasteiger partial charge in [0.05, 0.1) is 15.4 Å².